The molecule has 0 fully saturated rings. The van der Waals surface area contributed by atoms with Crippen molar-refractivity contribution in [3.05, 3.63) is 40.8 Å². The van der Waals surface area contributed by atoms with E-state index in [-0.39, 0.29) is 4.88 Å². The minimum Gasteiger partial charge on any atom is -0.544 e. The minimum atomic E-state index is -1.13. The average Bonchev–Trinajstić information content (AvgIpc) is 2.72. The molecule has 0 N–H and O–H groups in total. The standard InChI is InChI=1S/C13H12O3S/c1-8-7-11(13(14)15)17-12(8)9-3-5-10(16-2)6-4-9/h3-7H,1-2H3,(H,14,15)/p-1. The van der Waals surface area contributed by atoms with Crippen molar-refractivity contribution in [2.24, 2.45) is 0 Å². The van der Waals surface area contributed by atoms with Crippen LogP contribution in [0.1, 0.15) is 15.2 Å². The fourth-order valence-electron chi connectivity index (χ4n) is 1.61. The smallest absolute Gasteiger partial charge is 0.118 e. The van der Waals surface area contributed by atoms with Crippen LogP contribution in [0.15, 0.2) is 30.3 Å². The summed E-state index contributed by atoms with van der Waals surface area (Å²) in [6.45, 7) is 1.89. The SMILES string of the molecule is COc1ccc(-c2sc(C(=O)[O-])cc2C)cc1. The lowest BCUT2D eigenvalue weighted by Gasteiger charge is -2.02. The molecular formula is C13H11O3S-. The van der Waals surface area contributed by atoms with E-state index in [0.717, 1.165) is 21.8 Å². The second-order valence-electron chi connectivity index (χ2n) is 3.64. The molecule has 0 spiro atoms. The molecule has 0 unspecified atom stereocenters. The Hall–Kier alpha value is -1.81. The van der Waals surface area contributed by atoms with E-state index in [1.165, 1.54) is 11.3 Å². The molecule has 1 heterocycles. The number of methoxy groups -OCH3 is 1. The second-order valence-corrected chi connectivity index (χ2v) is 4.69. The van der Waals surface area contributed by atoms with Crippen LogP contribution >= 0.6 is 11.3 Å². The number of carboxylic acid groups (broad SMARTS) is 1. The van der Waals surface area contributed by atoms with Gasteiger partial charge in [-0.15, -0.1) is 11.3 Å². The zero-order valence-corrected chi connectivity index (χ0v) is 10.3. The van der Waals surface area contributed by atoms with Crippen molar-refractivity contribution in [1.82, 2.24) is 0 Å². The number of rotatable bonds is 3. The number of aryl methyl sites for hydroxylation is 1. The first-order chi connectivity index (χ1) is 8.11. The molecule has 4 heteroatoms. The number of carboxylic acids is 1. The monoisotopic (exact) mass is 247 g/mol. The molecule has 0 amide bonds. The van der Waals surface area contributed by atoms with Gasteiger partial charge in [0.05, 0.1) is 18.0 Å². The van der Waals surface area contributed by atoms with E-state index in [1.54, 1.807) is 13.2 Å². The molecule has 17 heavy (non-hydrogen) atoms. The number of carbonyl (C=O) groups is 1. The van der Waals surface area contributed by atoms with Gasteiger partial charge in [-0.1, -0.05) is 0 Å². The highest BCUT2D eigenvalue weighted by Gasteiger charge is 2.08. The van der Waals surface area contributed by atoms with Crippen molar-refractivity contribution < 1.29 is 14.6 Å². The lowest BCUT2D eigenvalue weighted by Crippen LogP contribution is -2.20. The molecule has 0 saturated heterocycles. The van der Waals surface area contributed by atoms with Gasteiger partial charge < -0.3 is 14.6 Å². The van der Waals surface area contributed by atoms with E-state index in [9.17, 15) is 9.90 Å². The number of hydrogen-bond donors (Lipinski definition) is 0. The molecule has 0 aliphatic carbocycles. The molecule has 0 atom stereocenters. The van der Waals surface area contributed by atoms with Crippen LogP contribution in [0, 0.1) is 6.92 Å². The van der Waals surface area contributed by atoms with Crippen molar-refractivity contribution in [3.63, 3.8) is 0 Å². The largest absolute Gasteiger partial charge is 0.544 e. The maximum Gasteiger partial charge on any atom is 0.118 e. The van der Waals surface area contributed by atoms with Crippen molar-refractivity contribution >= 4 is 17.3 Å². The maximum absolute atomic E-state index is 10.8. The Morgan fingerprint density at radius 2 is 1.94 bits per heavy atom. The van der Waals surface area contributed by atoms with E-state index in [2.05, 4.69) is 0 Å². The highest BCUT2D eigenvalue weighted by molar-refractivity contribution is 7.17. The lowest BCUT2D eigenvalue weighted by molar-refractivity contribution is -0.254. The van der Waals surface area contributed by atoms with E-state index < -0.39 is 5.97 Å². The van der Waals surface area contributed by atoms with Crippen LogP contribution in [0.25, 0.3) is 10.4 Å². The zero-order chi connectivity index (χ0) is 12.4. The fourth-order valence-corrected chi connectivity index (χ4v) is 2.62. The maximum atomic E-state index is 10.8. The van der Waals surface area contributed by atoms with Crippen molar-refractivity contribution in [2.45, 2.75) is 6.92 Å². The summed E-state index contributed by atoms with van der Waals surface area (Å²) in [4.78, 5) is 12.0. The minimum absolute atomic E-state index is 0.258. The topological polar surface area (TPSA) is 49.4 Å². The number of aromatic carboxylic acids is 1. The number of ether oxygens (including phenoxy) is 1. The Kier molecular flexibility index (Phi) is 3.15. The normalized spacial score (nSPS) is 10.2. The van der Waals surface area contributed by atoms with E-state index in [0.29, 0.717) is 0 Å². The number of thiophene rings is 1. The first-order valence-corrected chi connectivity index (χ1v) is 5.89. The molecule has 2 rings (SSSR count). The van der Waals surface area contributed by atoms with Gasteiger partial charge in [0.2, 0.25) is 0 Å². The van der Waals surface area contributed by atoms with Crippen LogP contribution in [-0.2, 0) is 0 Å². The van der Waals surface area contributed by atoms with Gasteiger partial charge in [0.25, 0.3) is 0 Å². The first-order valence-electron chi connectivity index (χ1n) is 5.08. The molecule has 0 aliphatic heterocycles. The molecule has 0 saturated carbocycles. The summed E-state index contributed by atoms with van der Waals surface area (Å²) in [7, 11) is 1.61. The molecule has 0 aliphatic rings. The average molecular weight is 247 g/mol. The van der Waals surface area contributed by atoms with Gasteiger partial charge >= 0.3 is 0 Å². The highest BCUT2D eigenvalue weighted by Crippen LogP contribution is 2.32. The molecule has 3 nitrogen and oxygen atoms in total. The van der Waals surface area contributed by atoms with Gasteiger partial charge in [-0.25, -0.2) is 0 Å². The Bertz CT molecular complexity index is 540. The summed E-state index contributed by atoms with van der Waals surface area (Å²) >= 11 is 1.23. The predicted molar refractivity (Wildman–Crippen MR) is 65.4 cm³/mol. The number of carbonyl (C=O) groups excluding carboxylic acids is 1. The van der Waals surface area contributed by atoms with E-state index >= 15 is 0 Å². The molecular weight excluding hydrogens is 236 g/mol. The Morgan fingerprint density at radius 3 is 2.41 bits per heavy atom. The third-order valence-corrected chi connectivity index (χ3v) is 3.74. The van der Waals surface area contributed by atoms with Gasteiger partial charge in [-0.3, -0.25) is 0 Å². The quantitative estimate of drug-likeness (QED) is 0.834. The van der Waals surface area contributed by atoms with Crippen LogP contribution in [-0.4, -0.2) is 13.1 Å². The molecule has 1 aromatic heterocycles. The van der Waals surface area contributed by atoms with Crippen molar-refractivity contribution in [3.8, 4) is 16.2 Å². The van der Waals surface area contributed by atoms with Crippen LogP contribution < -0.4 is 9.84 Å². The van der Waals surface area contributed by atoms with E-state index in [4.69, 9.17) is 4.74 Å². The van der Waals surface area contributed by atoms with Gasteiger partial charge in [-0.2, -0.15) is 0 Å². The van der Waals surface area contributed by atoms with Gasteiger partial charge in [-0.05, 0) is 48.4 Å². The van der Waals surface area contributed by atoms with E-state index in [1.807, 2.05) is 31.2 Å². The molecule has 1 aromatic carbocycles. The number of hydrogen-bond acceptors (Lipinski definition) is 4. The van der Waals surface area contributed by atoms with Crippen LogP contribution in [0.2, 0.25) is 0 Å². The summed E-state index contributed by atoms with van der Waals surface area (Å²) < 4.78 is 5.08. The van der Waals surface area contributed by atoms with Crippen LogP contribution in [0.3, 0.4) is 0 Å². The first kappa shape index (κ1) is 11.7. The number of benzene rings is 1. The molecule has 88 valence electrons. The predicted octanol–water partition coefficient (Wildman–Crippen LogP) is 2.10. The Labute approximate surface area is 103 Å². The van der Waals surface area contributed by atoms with Gasteiger partial charge in [0, 0.05) is 4.88 Å². The second kappa shape index (κ2) is 4.59. The fraction of sp³-hybridized carbons (Fsp3) is 0.154. The summed E-state index contributed by atoms with van der Waals surface area (Å²) in [6, 6.07) is 9.17. The summed E-state index contributed by atoms with van der Waals surface area (Å²) in [5.74, 6) is -0.346. The molecule has 0 radical (unpaired) electrons. The van der Waals surface area contributed by atoms with Gasteiger partial charge in [0.15, 0.2) is 0 Å². The third kappa shape index (κ3) is 2.31. The summed E-state index contributed by atoms with van der Waals surface area (Å²) in [5.41, 5.74) is 1.93. The summed E-state index contributed by atoms with van der Waals surface area (Å²) in [5, 5.41) is 10.8. The summed E-state index contributed by atoms with van der Waals surface area (Å²) in [6.07, 6.45) is 0. The molecule has 2 aromatic rings. The van der Waals surface area contributed by atoms with Crippen LogP contribution in [0.5, 0.6) is 5.75 Å². The van der Waals surface area contributed by atoms with Gasteiger partial charge in [0.1, 0.15) is 5.75 Å². The Morgan fingerprint density at radius 1 is 1.29 bits per heavy atom. The van der Waals surface area contributed by atoms with Crippen molar-refractivity contribution in [1.29, 1.82) is 0 Å². The lowest BCUT2D eigenvalue weighted by atomic mass is 10.1. The van der Waals surface area contributed by atoms with Crippen molar-refractivity contribution in [2.75, 3.05) is 7.11 Å². The highest BCUT2D eigenvalue weighted by atomic mass is 32.1. The zero-order valence-electron chi connectivity index (χ0n) is 9.52. The molecule has 0 bridgehead atoms. The van der Waals surface area contributed by atoms with Crippen LogP contribution in [0.4, 0.5) is 0 Å². The third-order valence-electron chi connectivity index (χ3n) is 2.47. The Balaban J connectivity index is 2.41.